The van der Waals surface area contributed by atoms with Gasteiger partial charge in [0.05, 0.1) is 11.0 Å². The first-order valence-corrected chi connectivity index (χ1v) is 16.4. The molecule has 0 N–H and O–H groups in total. The minimum atomic E-state index is 0.0422. The van der Waals surface area contributed by atoms with E-state index in [4.69, 9.17) is 9.15 Å². The Morgan fingerprint density at radius 3 is 2.60 bits per heavy atom. The van der Waals surface area contributed by atoms with Crippen LogP contribution in [0.15, 0.2) is 126 Å². The molecule has 4 heterocycles. The zero-order valence-corrected chi connectivity index (χ0v) is 26.1. The Labute approximate surface area is 272 Å². The lowest BCUT2D eigenvalue weighted by atomic mass is 9.91. The van der Waals surface area contributed by atoms with Gasteiger partial charge in [-0.05, 0) is 92.1 Å². The van der Waals surface area contributed by atoms with E-state index >= 15 is 0 Å². The fourth-order valence-corrected chi connectivity index (χ4v) is 8.26. The van der Waals surface area contributed by atoms with Crippen LogP contribution in [0.3, 0.4) is 0 Å². The van der Waals surface area contributed by atoms with Crippen molar-refractivity contribution in [2.45, 2.75) is 31.8 Å². The lowest BCUT2D eigenvalue weighted by Crippen LogP contribution is -2.18. The van der Waals surface area contributed by atoms with E-state index in [1.807, 2.05) is 24.3 Å². The minimum Gasteiger partial charge on any atom is -0.485 e. The van der Waals surface area contributed by atoms with Crippen LogP contribution < -0.4 is 4.74 Å². The summed E-state index contributed by atoms with van der Waals surface area (Å²) in [7, 11) is 0. The topological polar surface area (TPSA) is 32.2 Å². The summed E-state index contributed by atoms with van der Waals surface area (Å²) in [6.45, 7) is 6.25. The highest BCUT2D eigenvalue weighted by atomic mass is 16.5. The molecule has 7 aromatic rings. The van der Waals surface area contributed by atoms with Crippen molar-refractivity contribution in [1.82, 2.24) is 9.13 Å². The van der Waals surface area contributed by atoms with Crippen LogP contribution in [0.5, 0.6) is 5.75 Å². The van der Waals surface area contributed by atoms with Crippen LogP contribution in [0.4, 0.5) is 0 Å². The molecule has 2 aliphatic carbocycles. The van der Waals surface area contributed by atoms with Gasteiger partial charge in [-0.1, -0.05) is 67.3 Å². The molecule has 0 saturated heterocycles. The Hall–Kier alpha value is -5.74. The molecule has 3 aromatic heterocycles. The maximum absolute atomic E-state index is 6.31. The van der Waals surface area contributed by atoms with Gasteiger partial charge in [-0.25, -0.2) is 0 Å². The smallest absolute Gasteiger partial charge is 0.135 e. The van der Waals surface area contributed by atoms with Crippen LogP contribution in [0.2, 0.25) is 0 Å². The lowest BCUT2D eigenvalue weighted by molar-refractivity contribution is 0.269. The molecule has 2 atom stereocenters. The number of hydrogen-bond acceptors (Lipinski definition) is 2. The Kier molecular flexibility index (Phi) is 5.56. The normalized spacial score (nSPS) is 18.3. The lowest BCUT2D eigenvalue weighted by Gasteiger charge is -2.22. The molecule has 10 rings (SSSR count). The quantitative estimate of drug-likeness (QED) is 0.186. The van der Waals surface area contributed by atoms with Crippen LogP contribution in [-0.2, 0) is 6.42 Å². The molecule has 4 aromatic carbocycles. The second-order valence-corrected chi connectivity index (χ2v) is 12.8. The molecule has 3 aliphatic rings. The van der Waals surface area contributed by atoms with Crippen molar-refractivity contribution in [2.24, 2.45) is 0 Å². The summed E-state index contributed by atoms with van der Waals surface area (Å²) in [5.41, 5.74) is 12.9. The molecule has 2 unspecified atom stereocenters. The van der Waals surface area contributed by atoms with Crippen molar-refractivity contribution < 1.29 is 9.15 Å². The van der Waals surface area contributed by atoms with Crippen LogP contribution in [0.1, 0.15) is 40.4 Å². The average Bonchev–Trinajstić information content (AvgIpc) is 3.84. The van der Waals surface area contributed by atoms with Gasteiger partial charge in [-0.2, -0.15) is 0 Å². The Bertz CT molecular complexity index is 2600. The van der Waals surface area contributed by atoms with Crippen molar-refractivity contribution in [2.75, 3.05) is 0 Å². The summed E-state index contributed by atoms with van der Waals surface area (Å²) < 4.78 is 17.4. The third kappa shape index (κ3) is 3.70. The predicted molar refractivity (Wildman–Crippen MR) is 194 cm³/mol. The van der Waals surface area contributed by atoms with Crippen LogP contribution >= 0.6 is 0 Å². The summed E-state index contributed by atoms with van der Waals surface area (Å²) in [6, 6.07) is 27.9. The van der Waals surface area contributed by atoms with Crippen molar-refractivity contribution in [3.8, 4) is 11.4 Å². The number of aromatic nitrogens is 2. The number of nitrogens with zero attached hydrogens (tertiary/aromatic N) is 2. The summed E-state index contributed by atoms with van der Waals surface area (Å²) in [6.07, 6.45) is 19.8. The maximum atomic E-state index is 6.31. The number of rotatable bonds is 4. The minimum absolute atomic E-state index is 0.0422. The number of fused-ring (bicyclic) bond motifs is 11. The predicted octanol–water partition coefficient (Wildman–Crippen LogP) is 10.9. The van der Waals surface area contributed by atoms with Gasteiger partial charge in [0.2, 0.25) is 0 Å². The molecular weight excluding hydrogens is 576 g/mol. The number of allylic oxidation sites excluding steroid dienone is 5. The fourth-order valence-electron chi connectivity index (χ4n) is 8.26. The highest BCUT2D eigenvalue weighted by Crippen LogP contribution is 2.46. The molecule has 0 spiro atoms. The highest BCUT2D eigenvalue weighted by Gasteiger charge is 2.34. The molecule has 0 radical (unpaired) electrons. The second-order valence-electron chi connectivity index (χ2n) is 12.8. The van der Waals surface area contributed by atoms with Gasteiger partial charge in [-0.15, -0.1) is 0 Å². The van der Waals surface area contributed by atoms with Gasteiger partial charge < -0.3 is 18.3 Å². The molecule has 226 valence electrons. The van der Waals surface area contributed by atoms with E-state index in [1.165, 1.54) is 49.9 Å². The first-order valence-electron chi connectivity index (χ1n) is 16.4. The maximum Gasteiger partial charge on any atom is 0.135 e. The summed E-state index contributed by atoms with van der Waals surface area (Å²) in [4.78, 5) is 0. The van der Waals surface area contributed by atoms with Crippen molar-refractivity contribution in [3.05, 3.63) is 150 Å². The Morgan fingerprint density at radius 2 is 1.68 bits per heavy atom. The monoisotopic (exact) mass is 608 g/mol. The van der Waals surface area contributed by atoms with Crippen LogP contribution in [-0.4, -0.2) is 15.2 Å². The zero-order chi connectivity index (χ0) is 31.2. The van der Waals surface area contributed by atoms with Crippen molar-refractivity contribution >= 4 is 61.6 Å². The molecule has 0 fully saturated rings. The van der Waals surface area contributed by atoms with Gasteiger partial charge in [0.1, 0.15) is 23.0 Å². The number of benzene rings is 4. The SMILES string of the molecule is C=C/C=C\c1c(C)c2c3c4c(n(C5=CC6c7ccccc7OC6C=C5)c3ccc2n1-c1ccc2oc3ccccc3c2c1)CCC=C4. The van der Waals surface area contributed by atoms with E-state index < -0.39 is 0 Å². The molecule has 4 nitrogen and oxygen atoms in total. The van der Waals surface area contributed by atoms with Crippen LogP contribution in [0, 0.1) is 6.92 Å². The van der Waals surface area contributed by atoms with Gasteiger partial charge in [0.15, 0.2) is 0 Å². The van der Waals surface area contributed by atoms with Crippen LogP contribution in [0.25, 0.3) is 67.3 Å². The number of hydrogen-bond donors (Lipinski definition) is 0. The molecule has 0 saturated carbocycles. The molecule has 1 aliphatic heterocycles. The Balaban J connectivity index is 1.24. The Morgan fingerprint density at radius 1 is 0.851 bits per heavy atom. The first kappa shape index (κ1) is 26.5. The standard InChI is InChI=1S/C43H32N2O2/c1-3-4-14-34-26(2)42-36(44(34)27-18-22-40-32(24-27)29-11-6-9-16-38(29)46-40)20-21-37-43(42)31-13-5-8-15-35(31)45(37)28-19-23-41-33(25-28)30-12-7-10-17-39(30)47-41/h3-7,9-14,16-25,33,41H,1,8,15H2,2H3/b14-4-. The summed E-state index contributed by atoms with van der Waals surface area (Å²) >= 11 is 0. The number of para-hydroxylation sites is 2. The van der Waals surface area contributed by atoms with Crippen molar-refractivity contribution in [1.29, 1.82) is 0 Å². The van der Waals surface area contributed by atoms with E-state index in [9.17, 15) is 0 Å². The van der Waals surface area contributed by atoms with Crippen molar-refractivity contribution in [3.63, 3.8) is 0 Å². The molecular formula is C43H32N2O2. The summed E-state index contributed by atoms with van der Waals surface area (Å²) in [5, 5.41) is 4.85. The fraction of sp³-hybridized carbons (Fsp3) is 0.116. The molecule has 4 heteroatoms. The van der Waals surface area contributed by atoms with E-state index in [-0.39, 0.29) is 12.0 Å². The molecule has 0 amide bonds. The average molecular weight is 609 g/mol. The van der Waals surface area contributed by atoms with Gasteiger partial charge in [0.25, 0.3) is 0 Å². The largest absolute Gasteiger partial charge is 0.485 e. The number of aryl methyl sites for hydroxylation is 1. The zero-order valence-electron chi connectivity index (χ0n) is 26.1. The summed E-state index contributed by atoms with van der Waals surface area (Å²) in [5.74, 6) is 1.20. The molecule has 0 bridgehead atoms. The number of ether oxygens (including phenoxy) is 1. The first-order chi connectivity index (χ1) is 23.2. The van der Waals surface area contributed by atoms with E-state index in [0.29, 0.717) is 0 Å². The van der Waals surface area contributed by atoms with Gasteiger partial charge in [0, 0.05) is 61.4 Å². The second kappa shape index (κ2) is 9.88. The number of furan rings is 1. The van der Waals surface area contributed by atoms with Gasteiger partial charge in [-0.3, -0.25) is 0 Å². The highest BCUT2D eigenvalue weighted by molar-refractivity contribution is 6.15. The third-order valence-electron chi connectivity index (χ3n) is 10.3. The third-order valence-corrected chi connectivity index (χ3v) is 10.3. The van der Waals surface area contributed by atoms with E-state index in [2.05, 4.69) is 126 Å². The van der Waals surface area contributed by atoms with E-state index in [1.54, 1.807) is 0 Å². The van der Waals surface area contributed by atoms with E-state index in [0.717, 1.165) is 51.9 Å². The molecule has 47 heavy (non-hydrogen) atoms. The van der Waals surface area contributed by atoms with Gasteiger partial charge >= 0.3 is 0 Å².